The highest BCUT2D eigenvalue weighted by molar-refractivity contribution is 7.99. The summed E-state index contributed by atoms with van der Waals surface area (Å²) in [7, 11) is 0. The number of Topliss-reactive ketones (excluding diaryl/α,β-unsaturated/α-hetero) is 1. The van der Waals surface area contributed by atoms with Crippen LogP contribution in [0.5, 0.6) is 0 Å². The first-order valence-electron chi connectivity index (χ1n) is 2.78. The molecule has 0 radical (unpaired) electrons. The van der Waals surface area contributed by atoms with E-state index in [0.29, 0.717) is 12.2 Å². The fourth-order valence-electron chi connectivity index (χ4n) is 0.347. The van der Waals surface area contributed by atoms with E-state index in [4.69, 9.17) is 0 Å². The van der Waals surface area contributed by atoms with Crippen LogP contribution in [-0.2, 0) is 9.59 Å². The van der Waals surface area contributed by atoms with Gasteiger partial charge in [0.2, 0.25) is 0 Å². The highest BCUT2D eigenvalue weighted by Gasteiger charge is 1.91. The number of thioether (sulfide) groups is 1. The van der Waals surface area contributed by atoms with E-state index in [1.165, 1.54) is 11.8 Å². The Hall–Kier alpha value is -0.310. The van der Waals surface area contributed by atoms with Crippen LogP contribution in [0.2, 0.25) is 0 Å². The maximum atomic E-state index is 10.3. The molecule has 0 unspecified atom stereocenters. The smallest absolute Gasteiger partial charge is 0.130 e. The zero-order valence-electron chi connectivity index (χ0n) is 5.42. The number of carbonyl (C=O) groups excluding carboxylic acids is 2. The molecule has 0 N–H and O–H groups in total. The molecule has 0 fully saturated rings. The van der Waals surface area contributed by atoms with Crippen molar-refractivity contribution in [2.45, 2.75) is 13.3 Å². The Morgan fingerprint density at radius 3 is 2.78 bits per heavy atom. The molecule has 0 aromatic rings. The Morgan fingerprint density at radius 1 is 1.67 bits per heavy atom. The van der Waals surface area contributed by atoms with Crippen LogP contribution in [0.15, 0.2) is 0 Å². The number of rotatable bonds is 5. The topological polar surface area (TPSA) is 34.1 Å². The molecule has 0 aliphatic heterocycles. The fraction of sp³-hybridized carbons (Fsp3) is 0.667. The van der Waals surface area contributed by atoms with Gasteiger partial charge in [0.25, 0.3) is 0 Å². The molecular weight excluding hydrogens is 136 g/mol. The Morgan fingerprint density at radius 2 is 2.33 bits per heavy atom. The summed E-state index contributed by atoms with van der Waals surface area (Å²) < 4.78 is 0. The predicted octanol–water partition coefficient (Wildman–Crippen LogP) is 0.898. The van der Waals surface area contributed by atoms with Crippen molar-refractivity contribution in [2.24, 2.45) is 0 Å². The van der Waals surface area contributed by atoms with Crippen molar-refractivity contribution < 1.29 is 9.59 Å². The van der Waals surface area contributed by atoms with Crippen LogP contribution in [0, 0.1) is 0 Å². The summed E-state index contributed by atoms with van der Waals surface area (Å²) >= 11 is 1.49. The van der Waals surface area contributed by atoms with E-state index in [1.807, 2.05) is 0 Å². The summed E-state index contributed by atoms with van der Waals surface area (Å²) in [5, 5.41) is 0. The van der Waals surface area contributed by atoms with Gasteiger partial charge in [0.05, 0.1) is 0 Å². The number of aldehydes is 1. The van der Waals surface area contributed by atoms with Crippen molar-refractivity contribution in [3.05, 3.63) is 0 Å². The van der Waals surface area contributed by atoms with E-state index < -0.39 is 0 Å². The van der Waals surface area contributed by atoms with Crippen LogP contribution in [-0.4, -0.2) is 23.6 Å². The van der Waals surface area contributed by atoms with Crippen LogP contribution in [0.1, 0.15) is 13.3 Å². The maximum Gasteiger partial charge on any atom is 0.130 e. The summed E-state index contributed by atoms with van der Waals surface area (Å²) in [4.78, 5) is 20.0. The second kappa shape index (κ2) is 5.82. The van der Waals surface area contributed by atoms with Gasteiger partial charge in [-0.1, -0.05) is 0 Å². The third-order valence-corrected chi connectivity index (χ3v) is 1.65. The second-order valence-corrected chi connectivity index (χ2v) is 2.84. The summed E-state index contributed by atoms with van der Waals surface area (Å²) in [6.45, 7) is 1.56. The standard InChI is InChI=1S/C6H10O2S/c1-6(8)2-4-9-5-3-7/h3H,2,4-5H2,1H3. The van der Waals surface area contributed by atoms with E-state index in [1.54, 1.807) is 6.92 Å². The number of ketones is 1. The quantitative estimate of drug-likeness (QED) is 0.427. The molecule has 0 aromatic heterocycles. The van der Waals surface area contributed by atoms with Crippen LogP contribution in [0.4, 0.5) is 0 Å². The number of carbonyl (C=O) groups is 2. The first-order chi connectivity index (χ1) is 4.27. The summed E-state index contributed by atoms with van der Waals surface area (Å²) in [6.07, 6.45) is 1.43. The van der Waals surface area contributed by atoms with Gasteiger partial charge >= 0.3 is 0 Å². The molecule has 0 rings (SSSR count). The molecule has 0 saturated heterocycles. The zero-order chi connectivity index (χ0) is 7.11. The summed E-state index contributed by atoms with van der Waals surface area (Å²) in [5.41, 5.74) is 0. The van der Waals surface area contributed by atoms with E-state index in [0.717, 1.165) is 12.0 Å². The maximum absolute atomic E-state index is 10.3. The second-order valence-electron chi connectivity index (χ2n) is 1.69. The molecule has 0 saturated carbocycles. The molecular formula is C6H10O2S. The molecule has 3 heteroatoms. The molecule has 0 aromatic carbocycles. The van der Waals surface area contributed by atoms with Gasteiger partial charge in [0.15, 0.2) is 0 Å². The third-order valence-electron chi connectivity index (χ3n) is 0.784. The number of hydrogen-bond donors (Lipinski definition) is 0. The lowest BCUT2D eigenvalue weighted by atomic mass is 10.4. The molecule has 0 atom stereocenters. The minimum absolute atomic E-state index is 0.188. The lowest BCUT2D eigenvalue weighted by Gasteiger charge is -1.90. The zero-order valence-corrected chi connectivity index (χ0v) is 6.24. The molecule has 9 heavy (non-hydrogen) atoms. The first kappa shape index (κ1) is 8.69. The van der Waals surface area contributed by atoms with Crippen molar-refractivity contribution in [2.75, 3.05) is 11.5 Å². The van der Waals surface area contributed by atoms with E-state index in [-0.39, 0.29) is 5.78 Å². The Balaban J connectivity index is 2.91. The molecule has 0 aliphatic carbocycles. The van der Waals surface area contributed by atoms with E-state index >= 15 is 0 Å². The molecule has 0 amide bonds. The van der Waals surface area contributed by atoms with Gasteiger partial charge in [0, 0.05) is 17.9 Å². The molecule has 2 nitrogen and oxygen atoms in total. The van der Waals surface area contributed by atoms with Gasteiger partial charge in [-0.05, 0) is 6.92 Å². The molecule has 0 heterocycles. The van der Waals surface area contributed by atoms with Crippen molar-refractivity contribution in [3.8, 4) is 0 Å². The Bertz CT molecular complexity index is 101. The van der Waals surface area contributed by atoms with Crippen LogP contribution in [0.3, 0.4) is 0 Å². The van der Waals surface area contributed by atoms with Crippen LogP contribution < -0.4 is 0 Å². The Kier molecular flexibility index (Phi) is 5.62. The molecule has 52 valence electrons. The normalized spacial score (nSPS) is 9.00. The highest BCUT2D eigenvalue weighted by Crippen LogP contribution is 1.99. The minimum atomic E-state index is 0.188. The van der Waals surface area contributed by atoms with Crippen molar-refractivity contribution >= 4 is 23.8 Å². The number of hydrogen-bond acceptors (Lipinski definition) is 3. The monoisotopic (exact) mass is 146 g/mol. The lowest BCUT2D eigenvalue weighted by molar-refractivity contribution is -0.116. The third kappa shape index (κ3) is 7.69. The minimum Gasteiger partial charge on any atom is -0.302 e. The predicted molar refractivity (Wildman–Crippen MR) is 38.7 cm³/mol. The largest absolute Gasteiger partial charge is 0.302 e. The van der Waals surface area contributed by atoms with Crippen molar-refractivity contribution in [1.29, 1.82) is 0 Å². The van der Waals surface area contributed by atoms with Gasteiger partial charge < -0.3 is 4.79 Å². The average molecular weight is 146 g/mol. The molecule has 0 spiro atoms. The highest BCUT2D eigenvalue weighted by atomic mass is 32.2. The van der Waals surface area contributed by atoms with Crippen molar-refractivity contribution in [1.82, 2.24) is 0 Å². The summed E-state index contributed by atoms with van der Waals surface area (Å²) in [6, 6.07) is 0. The fourth-order valence-corrected chi connectivity index (χ4v) is 1.04. The SMILES string of the molecule is CC(=O)CCSCC=O. The van der Waals surface area contributed by atoms with E-state index in [9.17, 15) is 9.59 Å². The van der Waals surface area contributed by atoms with Gasteiger partial charge in [-0.3, -0.25) is 4.79 Å². The van der Waals surface area contributed by atoms with Crippen molar-refractivity contribution in [3.63, 3.8) is 0 Å². The van der Waals surface area contributed by atoms with Gasteiger partial charge in [-0.2, -0.15) is 11.8 Å². The van der Waals surface area contributed by atoms with Gasteiger partial charge in [-0.25, -0.2) is 0 Å². The van der Waals surface area contributed by atoms with Crippen LogP contribution >= 0.6 is 11.8 Å². The average Bonchev–Trinajstić information content (AvgIpc) is 1.80. The van der Waals surface area contributed by atoms with Gasteiger partial charge in [-0.15, -0.1) is 0 Å². The summed E-state index contributed by atoms with van der Waals surface area (Å²) in [5.74, 6) is 1.47. The molecule has 0 bridgehead atoms. The molecule has 0 aliphatic rings. The Labute approximate surface area is 59.0 Å². The van der Waals surface area contributed by atoms with Crippen LogP contribution in [0.25, 0.3) is 0 Å². The van der Waals surface area contributed by atoms with E-state index in [2.05, 4.69) is 0 Å². The van der Waals surface area contributed by atoms with Gasteiger partial charge in [0.1, 0.15) is 12.1 Å². The first-order valence-corrected chi connectivity index (χ1v) is 3.93. The lowest BCUT2D eigenvalue weighted by Crippen LogP contribution is -1.92.